The minimum Gasteiger partial charge on any atom is -0.378 e. The Labute approximate surface area is 154 Å². The van der Waals surface area contributed by atoms with Gasteiger partial charge in [-0.1, -0.05) is 29.8 Å². The summed E-state index contributed by atoms with van der Waals surface area (Å²) >= 11 is 6.27. The third-order valence-electron chi connectivity index (χ3n) is 4.43. The predicted molar refractivity (Wildman–Crippen MR) is 95.8 cm³/mol. The summed E-state index contributed by atoms with van der Waals surface area (Å²) in [6.45, 7) is 5.20. The van der Waals surface area contributed by atoms with Crippen LogP contribution in [0.4, 0.5) is 0 Å². The van der Waals surface area contributed by atoms with E-state index in [9.17, 15) is 4.79 Å². The predicted octanol–water partition coefficient (Wildman–Crippen LogP) is 2.43. The third-order valence-corrected chi connectivity index (χ3v) is 4.77. The highest BCUT2D eigenvalue weighted by molar-refractivity contribution is 6.31. The summed E-state index contributed by atoms with van der Waals surface area (Å²) in [5, 5.41) is 4.01. The maximum absolute atomic E-state index is 12.7. The molecule has 24 heavy (non-hydrogen) atoms. The lowest BCUT2D eigenvalue weighted by Crippen LogP contribution is -2.51. The van der Waals surface area contributed by atoms with Crippen LogP contribution in [0, 0.1) is 0 Å². The van der Waals surface area contributed by atoms with Gasteiger partial charge in [-0.15, -0.1) is 12.4 Å². The molecule has 2 fully saturated rings. The first-order chi connectivity index (χ1) is 11.1. The van der Waals surface area contributed by atoms with Crippen LogP contribution in [0.3, 0.4) is 0 Å². The van der Waals surface area contributed by atoms with E-state index < -0.39 is 0 Å². The molecule has 2 heterocycles. The third kappa shape index (κ3) is 4.61. The Bertz CT molecular complexity index is 552. The lowest BCUT2D eigenvalue weighted by molar-refractivity contribution is -0.145. The molecular formula is C17H24Cl2N2O3. The van der Waals surface area contributed by atoms with Gasteiger partial charge in [0.15, 0.2) is 0 Å². The Hall–Kier alpha value is -0.850. The summed E-state index contributed by atoms with van der Waals surface area (Å²) < 4.78 is 11.3. The largest absolute Gasteiger partial charge is 0.378 e. The van der Waals surface area contributed by atoms with Crippen molar-refractivity contribution in [3.05, 3.63) is 34.9 Å². The van der Waals surface area contributed by atoms with E-state index in [1.165, 1.54) is 0 Å². The molecule has 0 saturated carbocycles. The lowest BCUT2D eigenvalue weighted by Gasteiger charge is -2.39. The molecule has 7 heteroatoms. The number of amides is 1. The second-order valence-corrected chi connectivity index (χ2v) is 6.58. The van der Waals surface area contributed by atoms with E-state index in [1.807, 2.05) is 36.1 Å². The van der Waals surface area contributed by atoms with Crippen molar-refractivity contribution < 1.29 is 14.3 Å². The zero-order valence-electron chi connectivity index (χ0n) is 13.7. The van der Waals surface area contributed by atoms with Crippen molar-refractivity contribution in [1.82, 2.24) is 10.2 Å². The lowest BCUT2D eigenvalue weighted by atomic mass is 10.0. The number of carbonyl (C=O) groups is 1. The summed E-state index contributed by atoms with van der Waals surface area (Å²) in [7, 11) is 0. The molecule has 1 aromatic rings. The summed E-state index contributed by atoms with van der Waals surface area (Å²) in [5.41, 5.74) is 0.943. The molecule has 3 rings (SSSR count). The molecule has 3 unspecified atom stereocenters. The van der Waals surface area contributed by atoms with E-state index in [2.05, 4.69) is 5.32 Å². The second-order valence-electron chi connectivity index (χ2n) is 6.17. The number of nitrogens with one attached hydrogen (secondary N) is 1. The van der Waals surface area contributed by atoms with Crippen molar-refractivity contribution >= 4 is 29.9 Å². The summed E-state index contributed by atoms with van der Waals surface area (Å²) in [6, 6.07) is 7.83. The molecule has 2 saturated heterocycles. The number of hydrogen-bond acceptors (Lipinski definition) is 4. The highest BCUT2D eigenvalue weighted by atomic mass is 35.5. The molecule has 1 amide bonds. The fourth-order valence-electron chi connectivity index (χ4n) is 3.11. The van der Waals surface area contributed by atoms with Crippen molar-refractivity contribution in [3.8, 4) is 0 Å². The number of ether oxygens (including phenoxy) is 2. The van der Waals surface area contributed by atoms with Gasteiger partial charge in [0.25, 0.3) is 0 Å². The minimum atomic E-state index is -0.167. The molecule has 134 valence electrons. The molecule has 3 atom stereocenters. The first-order valence-electron chi connectivity index (χ1n) is 8.12. The number of nitrogens with zero attached hydrogens (tertiary/aromatic N) is 1. The Morgan fingerprint density at radius 3 is 2.88 bits per heavy atom. The standard InChI is InChI=1S/C17H23ClN2O3.ClH/c1-12-10-23-16(14-4-2-3-5-15(14)18)9-20(12)17(21)8-13-11-22-7-6-19-13;/h2-5,12-13,16,19H,6-11H2,1H3;1H. The molecular weight excluding hydrogens is 351 g/mol. The number of benzene rings is 1. The van der Waals surface area contributed by atoms with Crippen molar-refractivity contribution in [2.24, 2.45) is 0 Å². The van der Waals surface area contributed by atoms with Crippen molar-refractivity contribution in [2.45, 2.75) is 31.5 Å². The second kappa shape index (κ2) is 9.02. The van der Waals surface area contributed by atoms with Crippen LogP contribution in [0.15, 0.2) is 24.3 Å². The number of hydrogen-bond donors (Lipinski definition) is 1. The van der Waals surface area contributed by atoms with E-state index >= 15 is 0 Å². The first kappa shape index (κ1) is 19.5. The Morgan fingerprint density at radius 2 is 2.17 bits per heavy atom. The van der Waals surface area contributed by atoms with Crippen molar-refractivity contribution in [3.63, 3.8) is 0 Å². The fourth-order valence-corrected chi connectivity index (χ4v) is 3.36. The summed E-state index contributed by atoms with van der Waals surface area (Å²) in [4.78, 5) is 14.6. The minimum absolute atomic E-state index is 0. The van der Waals surface area contributed by atoms with Crippen molar-refractivity contribution in [2.75, 3.05) is 32.9 Å². The van der Waals surface area contributed by atoms with Crippen LogP contribution < -0.4 is 5.32 Å². The van der Waals surface area contributed by atoms with Gasteiger partial charge in [-0.3, -0.25) is 4.79 Å². The smallest absolute Gasteiger partial charge is 0.224 e. The van der Waals surface area contributed by atoms with Gasteiger partial charge in [-0.05, 0) is 13.0 Å². The Kier molecular flexibility index (Phi) is 7.32. The quantitative estimate of drug-likeness (QED) is 0.882. The molecule has 2 aliphatic heterocycles. The number of morpholine rings is 2. The molecule has 2 aliphatic rings. The van der Waals surface area contributed by atoms with Crippen LogP contribution in [-0.2, 0) is 14.3 Å². The number of carbonyl (C=O) groups excluding carboxylic acids is 1. The molecule has 1 N–H and O–H groups in total. The molecule has 0 radical (unpaired) electrons. The van der Waals surface area contributed by atoms with Gasteiger partial charge in [0.05, 0.1) is 32.4 Å². The van der Waals surface area contributed by atoms with E-state index in [-0.39, 0.29) is 36.5 Å². The zero-order valence-corrected chi connectivity index (χ0v) is 15.3. The maximum atomic E-state index is 12.7. The number of halogens is 2. The van der Waals surface area contributed by atoms with E-state index in [4.69, 9.17) is 21.1 Å². The molecule has 0 aromatic heterocycles. The highest BCUT2D eigenvalue weighted by Crippen LogP contribution is 2.30. The number of rotatable bonds is 3. The average molecular weight is 375 g/mol. The van der Waals surface area contributed by atoms with Gasteiger partial charge < -0.3 is 19.7 Å². The molecule has 1 aromatic carbocycles. The van der Waals surface area contributed by atoms with E-state index in [0.717, 1.165) is 12.1 Å². The van der Waals surface area contributed by atoms with E-state index in [0.29, 0.717) is 37.8 Å². The molecule has 5 nitrogen and oxygen atoms in total. The van der Waals surface area contributed by atoms with Gasteiger partial charge in [0.2, 0.25) is 5.91 Å². The molecule has 0 aliphatic carbocycles. The molecule has 0 spiro atoms. The van der Waals surface area contributed by atoms with Crippen molar-refractivity contribution in [1.29, 1.82) is 0 Å². The summed E-state index contributed by atoms with van der Waals surface area (Å²) in [6.07, 6.45) is 0.291. The SMILES string of the molecule is CC1COC(c2ccccc2Cl)CN1C(=O)CC1COCCN1.Cl. The van der Waals surface area contributed by atoms with Crippen LogP contribution in [0.25, 0.3) is 0 Å². The van der Waals surface area contributed by atoms with Gasteiger partial charge in [-0.25, -0.2) is 0 Å². The Balaban J connectivity index is 0.00000208. The highest BCUT2D eigenvalue weighted by Gasteiger charge is 2.32. The van der Waals surface area contributed by atoms with Gasteiger partial charge >= 0.3 is 0 Å². The van der Waals surface area contributed by atoms with Crippen LogP contribution in [-0.4, -0.2) is 55.8 Å². The van der Waals surface area contributed by atoms with Crippen LogP contribution >= 0.6 is 24.0 Å². The van der Waals surface area contributed by atoms with Gasteiger partial charge in [0, 0.05) is 29.6 Å². The topological polar surface area (TPSA) is 50.8 Å². The van der Waals surface area contributed by atoms with Crippen LogP contribution in [0.2, 0.25) is 5.02 Å². The maximum Gasteiger partial charge on any atom is 0.224 e. The van der Waals surface area contributed by atoms with Gasteiger partial charge in [-0.2, -0.15) is 0 Å². The monoisotopic (exact) mass is 374 g/mol. The van der Waals surface area contributed by atoms with Crippen LogP contribution in [0.5, 0.6) is 0 Å². The average Bonchev–Trinajstić information content (AvgIpc) is 2.57. The normalized spacial score (nSPS) is 27.4. The molecule has 0 bridgehead atoms. The van der Waals surface area contributed by atoms with Crippen LogP contribution in [0.1, 0.15) is 25.0 Å². The van der Waals surface area contributed by atoms with Gasteiger partial charge in [0.1, 0.15) is 6.10 Å². The first-order valence-corrected chi connectivity index (χ1v) is 8.49. The Morgan fingerprint density at radius 1 is 1.38 bits per heavy atom. The summed E-state index contributed by atoms with van der Waals surface area (Å²) in [5.74, 6) is 0.140. The zero-order chi connectivity index (χ0) is 16.2. The van der Waals surface area contributed by atoms with E-state index in [1.54, 1.807) is 0 Å². The fraction of sp³-hybridized carbons (Fsp3) is 0.588.